The maximum atomic E-state index is 12.2. The number of benzene rings is 1. The molecule has 0 amide bonds. The average molecular weight is 297 g/mol. The predicted octanol–water partition coefficient (Wildman–Crippen LogP) is 2.40. The molecule has 102 valence electrons. The van der Waals surface area contributed by atoms with Crippen molar-refractivity contribution in [1.82, 2.24) is 4.98 Å². The van der Waals surface area contributed by atoms with Crippen molar-refractivity contribution in [1.29, 1.82) is 0 Å². The van der Waals surface area contributed by atoms with E-state index in [0.29, 0.717) is 10.8 Å². The molecule has 19 heavy (non-hydrogen) atoms. The predicted molar refractivity (Wildman–Crippen MR) is 77.9 cm³/mol. The first-order chi connectivity index (χ1) is 8.92. The van der Waals surface area contributed by atoms with Crippen molar-refractivity contribution in [2.45, 2.75) is 25.2 Å². The van der Waals surface area contributed by atoms with E-state index in [0.717, 1.165) is 17.0 Å². The summed E-state index contributed by atoms with van der Waals surface area (Å²) in [6.45, 7) is 3.91. The zero-order valence-electron chi connectivity index (χ0n) is 10.7. The van der Waals surface area contributed by atoms with E-state index < -0.39 is 10.0 Å². The minimum Gasteiger partial charge on any atom is -0.399 e. The molecule has 0 saturated heterocycles. The summed E-state index contributed by atoms with van der Waals surface area (Å²) in [4.78, 5) is 5.42. The van der Waals surface area contributed by atoms with Crippen molar-refractivity contribution in [2.75, 3.05) is 10.5 Å². The summed E-state index contributed by atoms with van der Waals surface area (Å²) < 4.78 is 26.8. The van der Waals surface area contributed by atoms with Gasteiger partial charge in [-0.25, -0.2) is 13.4 Å². The van der Waals surface area contributed by atoms with Crippen LogP contribution in [-0.4, -0.2) is 13.4 Å². The molecule has 7 heteroatoms. The van der Waals surface area contributed by atoms with Gasteiger partial charge in [0, 0.05) is 10.6 Å². The topological polar surface area (TPSA) is 85.1 Å². The lowest BCUT2D eigenvalue weighted by atomic mass is 10.3. The highest BCUT2D eigenvalue weighted by Gasteiger charge is 2.17. The van der Waals surface area contributed by atoms with Gasteiger partial charge in [-0.3, -0.25) is 4.72 Å². The monoisotopic (exact) mass is 297 g/mol. The third-order valence-electron chi connectivity index (χ3n) is 2.62. The first-order valence-electron chi connectivity index (χ1n) is 5.77. The summed E-state index contributed by atoms with van der Waals surface area (Å²) in [7, 11) is -3.63. The molecule has 2 aromatic rings. The number of hydrogen-bond donors (Lipinski definition) is 2. The van der Waals surface area contributed by atoms with Crippen molar-refractivity contribution in [2.24, 2.45) is 0 Å². The minimum atomic E-state index is -3.63. The molecule has 0 radical (unpaired) electrons. The number of sulfonamides is 1. The summed E-state index contributed by atoms with van der Waals surface area (Å²) in [5.74, 6) is 0. The van der Waals surface area contributed by atoms with Gasteiger partial charge in [0.1, 0.15) is 0 Å². The smallest absolute Gasteiger partial charge is 0.263 e. The molecule has 1 aromatic heterocycles. The van der Waals surface area contributed by atoms with Crippen LogP contribution in [-0.2, 0) is 16.4 Å². The van der Waals surface area contributed by atoms with Crippen LogP contribution in [0.4, 0.5) is 10.8 Å². The molecule has 0 atom stereocenters. The fourth-order valence-corrected chi connectivity index (χ4v) is 3.85. The van der Waals surface area contributed by atoms with Gasteiger partial charge in [-0.05, 0) is 31.5 Å². The largest absolute Gasteiger partial charge is 0.399 e. The van der Waals surface area contributed by atoms with Crippen molar-refractivity contribution >= 4 is 32.2 Å². The number of nitrogens with one attached hydrogen (secondary N) is 1. The Morgan fingerprint density at radius 3 is 2.74 bits per heavy atom. The van der Waals surface area contributed by atoms with Crippen LogP contribution in [0.2, 0.25) is 0 Å². The Hall–Kier alpha value is -1.60. The number of aryl methyl sites for hydroxylation is 2. The highest BCUT2D eigenvalue weighted by molar-refractivity contribution is 7.93. The minimum absolute atomic E-state index is 0.137. The second-order valence-corrected chi connectivity index (χ2v) is 6.94. The molecule has 0 aliphatic carbocycles. The Kier molecular flexibility index (Phi) is 3.77. The highest BCUT2D eigenvalue weighted by Crippen LogP contribution is 2.25. The number of nitrogens with zero attached hydrogens (tertiary/aromatic N) is 1. The van der Waals surface area contributed by atoms with E-state index in [9.17, 15) is 8.42 Å². The molecule has 0 unspecified atom stereocenters. The van der Waals surface area contributed by atoms with Crippen molar-refractivity contribution in [3.05, 3.63) is 34.8 Å². The quantitative estimate of drug-likeness (QED) is 0.849. The number of rotatable bonds is 4. The molecule has 2 rings (SSSR count). The van der Waals surface area contributed by atoms with Gasteiger partial charge in [0.15, 0.2) is 5.13 Å². The molecule has 1 aromatic carbocycles. The maximum absolute atomic E-state index is 12.2. The van der Waals surface area contributed by atoms with Crippen LogP contribution < -0.4 is 10.5 Å². The van der Waals surface area contributed by atoms with Crippen molar-refractivity contribution < 1.29 is 8.42 Å². The summed E-state index contributed by atoms with van der Waals surface area (Å²) in [6, 6.07) is 6.17. The molecule has 1 heterocycles. The van der Waals surface area contributed by atoms with Gasteiger partial charge in [0.2, 0.25) is 0 Å². The zero-order valence-corrected chi connectivity index (χ0v) is 12.3. The number of thiazole rings is 1. The molecule has 0 fully saturated rings. The van der Waals surface area contributed by atoms with E-state index in [-0.39, 0.29) is 4.90 Å². The second kappa shape index (κ2) is 5.18. The molecule has 0 aliphatic rings. The maximum Gasteiger partial charge on any atom is 0.263 e. The summed E-state index contributed by atoms with van der Waals surface area (Å²) in [6.07, 6.45) is 0.780. The first-order valence-corrected chi connectivity index (χ1v) is 8.07. The second-order valence-electron chi connectivity index (χ2n) is 4.05. The summed E-state index contributed by atoms with van der Waals surface area (Å²) >= 11 is 1.33. The van der Waals surface area contributed by atoms with Crippen LogP contribution in [0.1, 0.15) is 17.5 Å². The Bertz CT molecular complexity index is 693. The molecular weight excluding hydrogens is 282 g/mol. The molecule has 0 aliphatic heterocycles. The van der Waals surface area contributed by atoms with E-state index in [1.807, 2.05) is 13.8 Å². The van der Waals surface area contributed by atoms with Crippen LogP contribution in [0.3, 0.4) is 0 Å². The third-order valence-corrected chi connectivity index (χ3v) is 5.01. The Labute approximate surface area is 116 Å². The molecule has 0 bridgehead atoms. The van der Waals surface area contributed by atoms with Crippen molar-refractivity contribution in [3.63, 3.8) is 0 Å². The Morgan fingerprint density at radius 2 is 2.16 bits per heavy atom. The van der Waals surface area contributed by atoms with Crippen LogP contribution in [0.5, 0.6) is 0 Å². The molecular formula is C12H15N3O2S2. The average Bonchev–Trinajstić information content (AvgIpc) is 2.68. The third kappa shape index (κ3) is 3.05. The Balaban J connectivity index is 2.31. The molecule has 0 saturated carbocycles. The fourth-order valence-electron chi connectivity index (χ4n) is 1.66. The van der Waals surface area contributed by atoms with E-state index >= 15 is 0 Å². The van der Waals surface area contributed by atoms with E-state index in [4.69, 9.17) is 5.73 Å². The van der Waals surface area contributed by atoms with Gasteiger partial charge in [-0.15, -0.1) is 11.3 Å². The lowest BCUT2D eigenvalue weighted by Gasteiger charge is -2.05. The summed E-state index contributed by atoms with van der Waals surface area (Å²) in [5, 5.41) is 0.386. The molecule has 5 nitrogen and oxygen atoms in total. The van der Waals surface area contributed by atoms with E-state index in [1.54, 1.807) is 12.1 Å². The first kappa shape index (κ1) is 13.8. The van der Waals surface area contributed by atoms with Crippen LogP contribution in [0.25, 0.3) is 0 Å². The van der Waals surface area contributed by atoms with Gasteiger partial charge in [-0.2, -0.15) is 0 Å². The van der Waals surface area contributed by atoms with Crippen molar-refractivity contribution in [3.8, 4) is 0 Å². The molecule has 0 spiro atoms. The van der Waals surface area contributed by atoms with Gasteiger partial charge < -0.3 is 5.73 Å². The van der Waals surface area contributed by atoms with Gasteiger partial charge in [-0.1, -0.05) is 13.0 Å². The fraction of sp³-hybridized carbons (Fsp3) is 0.250. The van der Waals surface area contributed by atoms with Gasteiger partial charge in [0.05, 0.1) is 10.6 Å². The van der Waals surface area contributed by atoms with Gasteiger partial charge >= 0.3 is 0 Å². The van der Waals surface area contributed by atoms with Crippen LogP contribution >= 0.6 is 11.3 Å². The van der Waals surface area contributed by atoms with Crippen LogP contribution in [0.15, 0.2) is 29.2 Å². The number of aromatic nitrogens is 1. The number of nitrogen functional groups attached to an aromatic ring is 1. The number of hydrogen-bond acceptors (Lipinski definition) is 5. The SMILES string of the molecule is CCc1nc(NS(=O)(=O)c2cccc(N)c2)sc1C. The number of anilines is 2. The Morgan fingerprint density at radius 1 is 1.42 bits per heavy atom. The highest BCUT2D eigenvalue weighted by atomic mass is 32.2. The van der Waals surface area contributed by atoms with E-state index in [1.165, 1.54) is 23.5 Å². The van der Waals surface area contributed by atoms with Gasteiger partial charge in [0.25, 0.3) is 10.0 Å². The lowest BCUT2D eigenvalue weighted by molar-refractivity contribution is 0.601. The van der Waals surface area contributed by atoms with Crippen LogP contribution in [0, 0.1) is 6.92 Å². The zero-order chi connectivity index (χ0) is 14.0. The standard InChI is InChI=1S/C12H15N3O2S2/c1-3-11-8(2)18-12(14-11)15-19(16,17)10-6-4-5-9(13)7-10/h4-7H,3,13H2,1-2H3,(H,14,15). The molecule has 3 N–H and O–H groups in total. The number of nitrogens with two attached hydrogens (primary N) is 1. The lowest BCUT2D eigenvalue weighted by Crippen LogP contribution is -2.13. The normalized spacial score (nSPS) is 11.5. The van der Waals surface area contributed by atoms with E-state index in [2.05, 4.69) is 9.71 Å². The summed E-state index contributed by atoms with van der Waals surface area (Å²) in [5.41, 5.74) is 6.92.